The Kier molecular flexibility index (Phi) is 6.24. The smallest absolute Gasteiger partial charge is 0.393 e. The van der Waals surface area contributed by atoms with E-state index in [1.807, 2.05) is 0 Å². The van der Waals surface area contributed by atoms with E-state index >= 15 is 0 Å². The van der Waals surface area contributed by atoms with E-state index in [0.717, 1.165) is 0 Å². The molecule has 1 aromatic rings. The molecule has 1 N–H and O–H groups in total. The molecule has 3 unspecified atom stereocenters. The van der Waals surface area contributed by atoms with Crippen LogP contribution in [-0.2, 0) is 9.59 Å². The summed E-state index contributed by atoms with van der Waals surface area (Å²) in [6.45, 7) is 0.0940. The van der Waals surface area contributed by atoms with Crippen molar-refractivity contribution in [1.29, 1.82) is 0 Å². The standard InChI is InChI=1S/C20H25F3N2O4/c1-28-13-7-8-16(17(10-13)29-2)25-11-12(9-18(25)26)19(27)24-15-6-4-3-5-14(15)20(21,22)23/h7-8,10,12,14-15H,3-6,9,11H2,1-2H3,(H,24,27). The minimum Gasteiger partial charge on any atom is -0.497 e. The Labute approximate surface area is 167 Å². The first kappa shape index (κ1) is 21.3. The Morgan fingerprint density at radius 3 is 2.55 bits per heavy atom. The Balaban J connectivity index is 1.70. The lowest BCUT2D eigenvalue weighted by Gasteiger charge is -2.34. The van der Waals surface area contributed by atoms with Crippen molar-refractivity contribution in [2.75, 3.05) is 25.7 Å². The van der Waals surface area contributed by atoms with Gasteiger partial charge in [0.1, 0.15) is 11.5 Å². The van der Waals surface area contributed by atoms with E-state index in [0.29, 0.717) is 36.4 Å². The van der Waals surface area contributed by atoms with Crippen LogP contribution in [0.15, 0.2) is 18.2 Å². The molecule has 9 heteroatoms. The average Bonchev–Trinajstić information content (AvgIpc) is 3.08. The lowest BCUT2D eigenvalue weighted by atomic mass is 9.83. The van der Waals surface area contributed by atoms with Crippen molar-refractivity contribution in [3.8, 4) is 11.5 Å². The van der Waals surface area contributed by atoms with Crippen LogP contribution in [0.5, 0.6) is 11.5 Å². The fourth-order valence-electron chi connectivity index (χ4n) is 4.12. The van der Waals surface area contributed by atoms with E-state index in [-0.39, 0.29) is 25.3 Å². The van der Waals surface area contributed by atoms with Crippen LogP contribution in [0.25, 0.3) is 0 Å². The van der Waals surface area contributed by atoms with Crippen molar-refractivity contribution < 1.29 is 32.2 Å². The number of carbonyl (C=O) groups excluding carboxylic acids is 2. The predicted octanol–water partition coefficient (Wildman–Crippen LogP) is 3.29. The number of hydrogen-bond donors (Lipinski definition) is 1. The van der Waals surface area contributed by atoms with Crippen molar-refractivity contribution in [2.45, 2.75) is 44.3 Å². The molecule has 2 aliphatic rings. The minimum absolute atomic E-state index is 0.0210. The van der Waals surface area contributed by atoms with Crippen LogP contribution >= 0.6 is 0 Å². The zero-order valence-electron chi connectivity index (χ0n) is 16.4. The van der Waals surface area contributed by atoms with Crippen molar-refractivity contribution in [2.24, 2.45) is 11.8 Å². The van der Waals surface area contributed by atoms with Gasteiger partial charge in [-0.1, -0.05) is 12.8 Å². The third-order valence-corrected chi connectivity index (χ3v) is 5.69. The van der Waals surface area contributed by atoms with E-state index in [2.05, 4.69) is 5.32 Å². The maximum Gasteiger partial charge on any atom is 0.393 e. The van der Waals surface area contributed by atoms with E-state index in [9.17, 15) is 22.8 Å². The fourth-order valence-corrected chi connectivity index (χ4v) is 4.12. The summed E-state index contributed by atoms with van der Waals surface area (Å²) in [6.07, 6.45) is -2.92. The van der Waals surface area contributed by atoms with E-state index < -0.39 is 30.0 Å². The highest BCUT2D eigenvalue weighted by Gasteiger charge is 2.47. The molecule has 0 radical (unpaired) electrons. The molecular weight excluding hydrogens is 389 g/mol. The van der Waals surface area contributed by atoms with Gasteiger partial charge in [0.25, 0.3) is 0 Å². The minimum atomic E-state index is -4.34. The Bertz CT molecular complexity index is 769. The number of benzene rings is 1. The molecule has 1 heterocycles. The molecule has 0 bridgehead atoms. The molecule has 3 atom stereocenters. The quantitative estimate of drug-likeness (QED) is 0.803. The van der Waals surface area contributed by atoms with Gasteiger partial charge in [-0.05, 0) is 25.0 Å². The molecule has 29 heavy (non-hydrogen) atoms. The van der Waals surface area contributed by atoms with Gasteiger partial charge in [-0.15, -0.1) is 0 Å². The van der Waals surface area contributed by atoms with E-state index in [1.165, 1.54) is 19.1 Å². The third-order valence-electron chi connectivity index (χ3n) is 5.69. The molecule has 1 aromatic carbocycles. The molecule has 160 valence electrons. The first-order valence-corrected chi connectivity index (χ1v) is 9.64. The maximum atomic E-state index is 13.3. The van der Waals surface area contributed by atoms with E-state index in [4.69, 9.17) is 9.47 Å². The second-order valence-corrected chi connectivity index (χ2v) is 7.49. The molecule has 3 rings (SSSR count). The number of nitrogens with one attached hydrogen (secondary N) is 1. The van der Waals surface area contributed by atoms with Crippen LogP contribution in [-0.4, -0.2) is 44.8 Å². The molecule has 6 nitrogen and oxygen atoms in total. The van der Waals surface area contributed by atoms with Gasteiger partial charge in [0.2, 0.25) is 11.8 Å². The molecule has 1 aliphatic carbocycles. The zero-order valence-corrected chi connectivity index (χ0v) is 16.4. The summed E-state index contributed by atoms with van der Waals surface area (Å²) in [5.41, 5.74) is 0.499. The average molecular weight is 414 g/mol. The number of carbonyl (C=O) groups is 2. The maximum absolute atomic E-state index is 13.3. The second kappa shape index (κ2) is 8.51. The number of hydrogen-bond acceptors (Lipinski definition) is 4. The normalized spacial score (nSPS) is 25.1. The molecule has 1 saturated carbocycles. The van der Waals surface area contributed by atoms with Crippen LogP contribution in [0.2, 0.25) is 0 Å². The van der Waals surface area contributed by atoms with Gasteiger partial charge in [0, 0.05) is 25.1 Å². The highest BCUT2D eigenvalue weighted by molar-refractivity contribution is 6.01. The number of nitrogens with zero attached hydrogens (tertiary/aromatic N) is 1. The van der Waals surface area contributed by atoms with Gasteiger partial charge in [-0.3, -0.25) is 9.59 Å². The first-order valence-electron chi connectivity index (χ1n) is 9.64. The summed E-state index contributed by atoms with van der Waals surface area (Å²) in [5.74, 6) is -2.04. The topological polar surface area (TPSA) is 67.9 Å². The second-order valence-electron chi connectivity index (χ2n) is 7.49. The van der Waals surface area contributed by atoms with Crippen LogP contribution in [0.4, 0.5) is 18.9 Å². The van der Waals surface area contributed by atoms with Crippen LogP contribution in [0.1, 0.15) is 32.1 Å². The van der Waals surface area contributed by atoms with Gasteiger partial charge in [-0.2, -0.15) is 13.2 Å². The number of methoxy groups -OCH3 is 2. The summed E-state index contributed by atoms with van der Waals surface area (Å²) in [5, 5.41) is 2.57. The monoisotopic (exact) mass is 414 g/mol. The number of alkyl halides is 3. The molecular formula is C20H25F3N2O4. The summed E-state index contributed by atoms with van der Waals surface area (Å²) in [7, 11) is 2.97. The van der Waals surface area contributed by atoms with Gasteiger partial charge in [0.15, 0.2) is 0 Å². The molecule has 1 saturated heterocycles. The van der Waals surface area contributed by atoms with Crippen molar-refractivity contribution >= 4 is 17.5 Å². The number of amides is 2. The summed E-state index contributed by atoms with van der Waals surface area (Å²) in [4.78, 5) is 26.6. The van der Waals surface area contributed by atoms with Crippen molar-refractivity contribution in [1.82, 2.24) is 5.32 Å². The van der Waals surface area contributed by atoms with Crippen molar-refractivity contribution in [3.05, 3.63) is 18.2 Å². The number of halogens is 3. The Morgan fingerprint density at radius 1 is 1.17 bits per heavy atom. The summed E-state index contributed by atoms with van der Waals surface area (Å²) >= 11 is 0. The molecule has 0 spiro atoms. The van der Waals surface area contributed by atoms with Gasteiger partial charge in [0.05, 0.1) is 31.7 Å². The number of anilines is 1. The molecule has 2 fully saturated rings. The molecule has 1 aliphatic heterocycles. The SMILES string of the molecule is COc1ccc(N2CC(C(=O)NC3CCCCC3C(F)(F)F)CC2=O)c(OC)c1. The van der Waals surface area contributed by atoms with Crippen LogP contribution in [0, 0.1) is 11.8 Å². The first-order chi connectivity index (χ1) is 13.7. The zero-order chi connectivity index (χ0) is 21.2. The van der Waals surface area contributed by atoms with Crippen LogP contribution < -0.4 is 19.7 Å². The van der Waals surface area contributed by atoms with E-state index in [1.54, 1.807) is 18.2 Å². The lowest BCUT2D eigenvalue weighted by Crippen LogP contribution is -2.49. The fraction of sp³-hybridized carbons (Fsp3) is 0.600. The van der Waals surface area contributed by atoms with Gasteiger partial charge >= 0.3 is 6.18 Å². The Hall–Kier alpha value is -2.45. The highest BCUT2D eigenvalue weighted by atomic mass is 19.4. The highest BCUT2D eigenvalue weighted by Crippen LogP contribution is 2.39. The van der Waals surface area contributed by atoms with Gasteiger partial charge in [-0.25, -0.2) is 0 Å². The lowest BCUT2D eigenvalue weighted by molar-refractivity contribution is -0.189. The summed E-state index contributed by atoms with van der Waals surface area (Å²) < 4.78 is 50.3. The summed E-state index contributed by atoms with van der Waals surface area (Å²) in [6, 6.07) is 4.04. The van der Waals surface area contributed by atoms with Crippen molar-refractivity contribution in [3.63, 3.8) is 0 Å². The number of rotatable bonds is 5. The predicted molar refractivity (Wildman–Crippen MR) is 99.9 cm³/mol. The molecule has 0 aromatic heterocycles. The largest absolute Gasteiger partial charge is 0.497 e. The van der Waals surface area contributed by atoms with Gasteiger partial charge < -0.3 is 19.7 Å². The van der Waals surface area contributed by atoms with Crippen LogP contribution in [0.3, 0.4) is 0 Å². The Morgan fingerprint density at radius 2 is 1.90 bits per heavy atom. The molecule has 2 amide bonds. The third kappa shape index (κ3) is 4.59. The number of ether oxygens (including phenoxy) is 2.